The molecule has 16 heavy (non-hydrogen) atoms. The molecule has 1 aromatic heterocycles. The van der Waals surface area contributed by atoms with E-state index in [4.69, 9.17) is 4.52 Å². The molecule has 0 N–H and O–H groups in total. The molecule has 3 heteroatoms. The fourth-order valence-electron chi connectivity index (χ4n) is 1.38. The van der Waals surface area contributed by atoms with Crippen LogP contribution in [0.4, 0.5) is 4.39 Å². The number of benzene rings is 1. The number of nitrogens with zero attached hydrogens (tertiary/aromatic N) is 1. The Labute approximate surface area is 94.1 Å². The highest BCUT2D eigenvalue weighted by molar-refractivity contribution is 5.57. The summed E-state index contributed by atoms with van der Waals surface area (Å²) in [6, 6.07) is 8.08. The molecular formula is C13H14FNO. The van der Waals surface area contributed by atoms with Crippen LogP contribution in [-0.4, -0.2) is 5.16 Å². The fourth-order valence-corrected chi connectivity index (χ4v) is 1.38. The van der Waals surface area contributed by atoms with Crippen molar-refractivity contribution in [3.8, 4) is 11.3 Å². The molecule has 0 saturated heterocycles. The fraction of sp³-hybridized carbons (Fsp3) is 0.308. The summed E-state index contributed by atoms with van der Waals surface area (Å²) in [5.74, 6) is 0.421. The Morgan fingerprint density at radius 3 is 2.25 bits per heavy atom. The summed E-state index contributed by atoms with van der Waals surface area (Å²) in [6.45, 7) is 6.21. The standard InChI is InChI=1S/C13H14FNO/c1-13(2,3)12-8-11(16-15-12)9-4-6-10(14)7-5-9/h4-8H,1-3H3. The van der Waals surface area contributed by atoms with Crippen molar-refractivity contribution in [1.82, 2.24) is 5.16 Å². The maximum atomic E-state index is 12.8. The minimum Gasteiger partial charge on any atom is -0.356 e. The summed E-state index contributed by atoms with van der Waals surface area (Å²) in [7, 11) is 0. The first kappa shape index (κ1) is 10.9. The second-order valence-corrected chi connectivity index (χ2v) is 4.83. The highest BCUT2D eigenvalue weighted by atomic mass is 19.1. The van der Waals surface area contributed by atoms with E-state index in [2.05, 4.69) is 25.9 Å². The van der Waals surface area contributed by atoms with Crippen molar-refractivity contribution in [2.45, 2.75) is 26.2 Å². The van der Waals surface area contributed by atoms with E-state index in [9.17, 15) is 4.39 Å². The van der Waals surface area contributed by atoms with Crippen molar-refractivity contribution in [3.63, 3.8) is 0 Å². The molecule has 2 nitrogen and oxygen atoms in total. The largest absolute Gasteiger partial charge is 0.356 e. The van der Waals surface area contributed by atoms with Crippen molar-refractivity contribution >= 4 is 0 Å². The Hall–Kier alpha value is -1.64. The van der Waals surface area contributed by atoms with E-state index in [1.165, 1.54) is 12.1 Å². The molecule has 0 atom stereocenters. The molecule has 84 valence electrons. The van der Waals surface area contributed by atoms with E-state index in [1.807, 2.05) is 6.07 Å². The van der Waals surface area contributed by atoms with Crippen LogP contribution < -0.4 is 0 Å². The number of aromatic nitrogens is 1. The highest BCUT2D eigenvalue weighted by Gasteiger charge is 2.19. The van der Waals surface area contributed by atoms with E-state index in [0.717, 1.165) is 11.3 Å². The first-order chi connectivity index (χ1) is 7.47. The van der Waals surface area contributed by atoms with E-state index < -0.39 is 0 Å². The summed E-state index contributed by atoms with van der Waals surface area (Å²) in [5, 5.41) is 4.02. The van der Waals surface area contributed by atoms with Gasteiger partial charge in [0.25, 0.3) is 0 Å². The summed E-state index contributed by atoms with van der Waals surface area (Å²) in [6.07, 6.45) is 0. The van der Waals surface area contributed by atoms with Crippen molar-refractivity contribution in [3.05, 3.63) is 41.8 Å². The van der Waals surface area contributed by atoms with Crippen LogP contribution in [0, 0.1) is 5.82 Å². The average molecular weight is 219 g/mol. The quantitative estimate of drug-likeness (QED) is 0.729. The zero-order valence-corrected chi connectivity index (χ0v) is 9.62. The third kappa shape index (κ3) is 2.13. The van der Waals surface area contributed by atoms with Gasteiger partial charge in [0.1, 0.15) is 5.82 Å². The Kier molecular flexibility index (Phi) is 2.54. The van der Waals surface area contributed by atoms with E-state index in [1.54, 1.807) is 12.1 Å². The van der Waals surface area contributed by atoms with E-state index >= 15 is 0 Å². The zero-order valence-electron chi connectivity index (χ0n) is 9.62. The minimum absolute atomic E-state index is 0.0399. The van der Waals surface area contributed by atoms with Gasteiger partial charge in [0, 0.05) is 17.0 Å². The summed E-state index contributed by atoms with van der Waals surface area (Å²) in [5.41, 5.74) is 1.69. The molecule has 0 aliphatic heterocycles. The molecule has 0 radical (unpaired) electrons. The predicted molar refractivity (Wildman–Crippen MR) is 60.6 cm³/mol. The third-order valence-corrected chi connectivity index (χ3v) is 2.41. The Balaban J connectivity index is 2.35. The van der Waals surface area contributed by atoms with Gasteiger partial charge in [-0.1, -0.05) is 25.9 Å². The lowest BCUT2D eigenvalue weighted by Gasteiger charge is -2.12. The molecule has 0 unspecified atom stereocenters. The van der Waals surface area contributed by atoms with Gasteiger partial charge >= 0.3 is 0 Å². The Bertz CT molecular complexity index is 479. The van der Waals surface area contributed by atoms with E-state index in [-0.39, 0.29) is 11.2 Å². The predicted octanol–water partition coefficient (Wildman–Crippen LogP) is 3.78. The van der Waals surface area contributed by atoms with Crippen molar-refractivity contribution in [2.75, 3.05) is 0 Å². The highest BCUT2D eigenvalue weighted by Crippen LogP contribution is 2.27. The maximum Gasteiger partial charge on any atom is 0.167 e. The lowest BCUT2D eigenvalue weighted by molar-refractivity contribution is 0.402. The first-order valence-electron chi connectivity index (χ1n) is 5.20. The van der Waals surface area contributed by atoms with Crippen molar-refractivity contribution in [1.29, 1.82) is 0 Å². The summed E-state index contributed by atoms with van der Waals surface area (Å²) >= 11 is 0. The molecule has 0 saturated carbocycles. The smallest absolute Gasteiger partial charge is 0.167 e. The average Bonchev–Trinajstić information content (AvgIpc) is 2.67. The zero-order chi connectivity index (χ0) is 11.8. The molecule has 0 aliphatic rings. The van der Waals surface area contributed by atoms with Gasteiger partial charge in [-0.2, -0.15) is 0 Å². The monoisotopic (exact) mass is 219 g/mol. The summed E-state index contributed by atoms with van der Waals surface area (Å²) < 4.78 is 18.0. The van der Waals surface area contributed by atoms with Gasteiger partial charge in [-0.15, -0.1) is 0 Å². The molecule has 0 amide bonds. The molecule has 0 spiro atoms. The normalized spacial score (nSPS) is 11.8. The van der Waals surface area contributed by atoms with Gasteiger partial charge in [-0.05, 0) is 24.3 Å². The third-order valence-electron chi connectivity index (χ3n) is 2.41. The van der Waals surface area contributed by atoms with Crippen LogP contribution >= 0.6 is 0 Å². The van der Waals surface area contributed by atoms with Crippen LogP contribution in [0.3, 0.4) is 0 Å². The number of rotatable bonds is 1. The van der Waals surface area contributed by atoms with Crippen LogP contribution in [0.25, 0.3) is 11.3 Å². The van der Waals surface area contributed by atoms with Gasteiger partial charge in [-0.3, -0.25) is 0 Å². The SMILES string of the molecule is CC(C)(C)c1cc(-c2ccc(F)cc2)on1. The second-order valence-electron chi connectivity index (χ2n) is 4.83. The first-order valence-corrected chi connectivity index (χ1v) is 5.20. The molecule has 0 fully saturated rings. The number of hydrogen-bond donors (Lipinski definition) is 0. The number of hydrogen-bond acceptors (Lipinski definition) is 2. The van der Waals surface area contributed by atoms with Crippen molar-refractivity contribution in [2.24, 2.45) is 0 Å². The molecule has 2 rings (SSSR count). The Morgan fingerprint density at radius 2 is 1.75 bits per heavy atom. The van der Waals surface area contributed by atoms with Gasteiger partial charge in [0.2, 0.25) is 0 Å². The lowest BCUT2D eigenvalue weighted by Crippen LogP contribution is -2.10. The van der Waals surface area contributed by atoms with Crippen molar-refractivity contribution < 1.29 is 8.91 Å². The topological polar surface area (TPSA) is 26.0 Å². The van der Waals surface area contributed by atoms with Crippen LogP contribution in [0.15, 0.2) is 34.9 Å². The molecular weight excluding hydrogens is 205 g/mol. The second kappa shape index (κ2) is 3.74. The molecule has 1 heterocycles. The van der Waals surface area contributed by atoms with Crippen LogP contribution in [-0.2, 0) is 5.41 Å². The van der Waals surface area contributed by atoms with Crippen LogP contribution in [0.2, 0.25) is 0 Å². The van der Waals surface area contributed by atoms with E-state index in [0.29, 0.717) is 5.76 Å². The van der Waals surface area contributed by atoms with Gasteiger partial charge in [0.05, 0.1) is 5.69 Å². The van der Waals surface area contributed by atoms with Gasteiger partial charge in [-0.25, -0.2) is 4.39 Å². The van der Waals surface area contributed by atoms with Crippen LogP contribution in [0.1, 0.15) is 26.5 Å². The molecule has 2 aromatic rings. The summed E-state index contributed by atoms with van der Waals surface area (Å²) in [4.78, 5) is 0. The molecule has 0 aliphatic carbocycles. The van der Waals surface area contributed by atoms with Gasteiger partial charge in [0.15, 0.2) is 5.76 Å². The minimum atomic E-state index is -0.251. The maximum absolute atomic E-state index is 12.8. The molecule has 0 bridgehead atoms. The molecule has 1 aromatic carbocycles. The number of halogens is 1. The van der Waals surface area contributed by atoms with Crippen LogP contribution in [0.5, 0.6) is 0 Å². The van der Waals surface area contributed by atoms with Gasteiger partial charge < -0.3 is 4.52 Å². The lowest BCUT2D eigenvalue weighted by atomic mass is 9.92. The Morgan fingerprint density at radius 1 is 1.12 bits per heavy atom.